The van der Waals surface area contributed by atoms with Crippen molar-refractivity contribution in [3.05, 3.63) is 42.1 Å². The Bertz CT molecular complexity index is 555. The lowest BCUT2D eigenvalue weighted by Crippen LogP contribution is -2.35. The van der Waals surface area contributed by atoms with Gasteiger partial charge in [0.15, 0.2) is 0 Å². The SMILES string of the molecule is ClCC1CCCN(Cc2ccc3ccccc3n2)C1. The third kappa shape index (κ3) is 3.07. The van der Waals surface area contributed by atoms with E-state index >= 15 is 0 Å². The monoisotopic (exact) mass is 274 g/mol. The van der Waals surface area contributed by atoms with Gasteiger partial charge in [-0.25, -0.2) is 0 Å². The van der Waals surface area contributed by atoms with Gasteiger partial charge in [-0.2, -0.15) is 0 Å². The molecule has 0 radical (unpaired) electrons. The molecule has 1 unspecified atom stereocenters. The predicted octanol–water partition coefficient (Wildman–Crippen LogP) is 3.69. The summed E-state index contributed by atoms with van der Waals surface area (Å²) >= 11 is 5.98. The zero-order valence-electron chi connectivity index (χ0n) is 11.1. The van der Waals surface area contributed by atoms with Crippen molar-refractivity contribution in [1.82, 2.24) is 9.88 Å². The molecule has 3 rings (SSSR count). The van der Waals surface area contributed by atoms with Gasteiger partial charge in [-0.15, -0.1) is 11.6 Å². The summed E-state index contributed by atoms with van der Waals surface area (Å²) in [4.78, 5) is 7.23. The number of piperidine rings is 1. The maximum absolute atomic E-state index is 5.98. The van der Waals surface area contributed by atoms with Gasteiger partial charge >= 0.3 is 0 Å². The molecular formula is C16H19ClN2. The summed E-state index contributed by atoms with van der Waals surface area (Å²) in [6, 6.07) is 12.6. The van der Waals surface area contributed by atoms with Gasteiger partial charge in [0.1, 0.15) is 0 Å². The second-order valence-corrected chi connectivity index (χ2v) is 5.70. The van der Waals surface area contributed by atoms with Crippen LogP contribution in [0, 0.1) is 5.92 Å². The highest BCUT2D eigenvalue weighted by atomic mass is 35.5. The van der Waals surface area contributed by atoms with Crippen LogP contribution in [0.25, 0.3) is 10.9 Å². The molecule has 1 aliphatic heterocycles. The van der Waals surface area contributed by atoms with Crippen molar-refractivity contribution in [3.63, 3.8) is 0 Å². The molecule has 1 aromatic heterocycles. The Hall–Kier alpha value is -1.12. The Morgan fingerprint density at radius 2 is 2.11 bits per heavy atom. The normalized spacial score (nSPS) is 20.8. The molecule has 1 aliphatic rings. The van der Waals surface area contributed by atoms with Gasteiger partial charge in [-0.05, 0) is 37.4 Å². The van der Waals surface area contributed by atoms with E-state index in [2.05, 4.69) is 35.2 Å². The summed E-state index contributed by atoms with van der Waals surface area (Å²) in [5, 5.41) is 1.21. The second-order valence-electron chi connectivity index (χ2n) is 5.39. The number of benzene rings is 1. The van der Waals surface area contributed by atoms with E-state index in [0.29, 0.717) is 5.92 Å². The van der Waals surface area contributed by atoms with Gasteiger partial charge in [-0.1, -0.05) is 24.3 Å². The summed E-state index contributed by atoms with van der Waals surface area (Å²) < 4.78 is 0. The minimum absolute atomic E-state index is 0.649. The van der Waals surface area contributed by atoms with E-state index in [1.54, 1.807) is 0 Å². The topological polar surface area (TPSA) is 16.1 Å². The van der Waals surface area contributed by atoms with Crippen molar-refractivity contribution in [2.75, 3.05) is 19.0 Å². The van der Waals surface area contributed by atoms with Gasteiger partial charge in [-0.3, -0.25) is 9.88 Å². The smallest absolute Gasteiger partial charge is 0.0705 e. The summed E-state index contributed by atoms with van der Waals surface area (Å²) in [5.41, 5.74) is 2.25. The van der Waals surface area contributed by atoms with Crippen LogP contribution in [-0.4, -0.2) is 28.9 Å². The lowest BCUT2D eigenvalue weighted by atomic mass is 10.00. The van der Waals surface area contributed by atoms with E-state index in [1.807, 2.05) is 6.07 Å². The maximum Gasteiger partial charge on any atom is 0.0705 e. The number of rotatable bonds is 3. The van der Waals surface area contributed by atoms with Crippen LogP contribution in [0.1, 0.15) is 18.5 Å². The van der Waals surface area contributed by atoms with Crippen molar-refractivity contribution < 1.29 is 0 Å². The molecule has 19 heavy (non-hydrogen) atoms. The van der Waals surface area contributed by atoms with Gasteiger partial charge in [0, 0.05) is 24.4 Å². The Kier molecular flexibility index (Phi) is 4.00. The summed E-state index contributed by atoms with van der Waals surface area (Å²) in [7, 11) is 0. The Balaban J connectivity index is 1.74. The molecule has 0 amide bonds. The van der Waals surface area contributed by atoms with E-state index in [0.717, 1.165) is 30.2 Å². The number of alkyl halides is 1. The highest BCUT2D eigenvalue weighted by Gasteiger charge is 2.19. The molecular weight excluding hydrogens is 256 g/mol. The van der Waals surface area contributed by atoms with Crippen LogP contribution in [0.5, 0.6) is 0 Å². The number of hydrogen-bond acceptors (Lipinski definition) is 2. The summed E-state index contributed by atoms with van der Waals surface area (Å²) in [6.45, 7) is 3.22. The van der Waals surface area contributed by atoms with Gasteiger partial charge in [0.05, 0.1) is 11.2 Å². The van der Waals surface area contributed by atoms with Crippen molar-refractivity contribution in [2.45, 2.75) is 19.4 Å². The molecule has 1 fully saturated rings. The lowest BCUT2D eigenvalue weighted by Gasteiger charge is -2.31. The molecule has 0 spiro atoms. The zero-order chi connectivity index (χ0) is 13.1. The van der Waals surface area contributed by atoms with Gasteiger partial charge < -0.3 is 0 Å². The molecule has 0 aliphatic carbocycles. The molecule has 100 valence electrons. The first-order valence-electron chi connectivity index (χ1n) is 6.98. The Morgan fingerprint density at radius 3 is 3.00 bits per heavy atom. The number of para-hydroxylation sites is 1. The number of aromatic nitrogens is 1. The average molecular weight is 275 g/mol. The van der Waals surface area contributed by atoms with E-state index in [9.17, 15) is 0 Å². The minimum atomic E-state index is 0.649. The molecule has 0 N–H and O–H groups in total. The molecule has 1 aromatic carbocycles. The van der Waals surface area contributed by atoms with Crippen molar-refractivity contribution >= 4 is 22.5 Å². The van der Waals surface area contributed by atoms with Crippen LogP contribution in [0.3, 0.4) is 0 Å². The van der Waals surface area contributed by atoms with Crippen LogP contribution in [0.15, 0.2) is 36.4 Å². The molecule has 0 bridgehead atoms. The fourth-order valence-electron chi connectivity index (χ4n) is 2.85. The second kappa shape index (κ2) is 5.89. The highest BCUT2D eigenvalue weighted by molar-refractivity contribution is 6.18. The Morgan fingerprint density at radius 1 is 1.21 bits per heavy atom. The first kappa shape index (κ1) is 12.9. The van der Waals surface area contributed by atoms with Crippen LogP contribution in [0.2, 0.25) is 0 Å². The molecule has 2 nitrogen and oxygen atoms in total. The van der Waals surface area contributed by atoms with E-state index in [-0.39, 0.29) is 0 Å². The van der Waals surface area contributed by atoms with E-state index in [4.69, 9.17) is 16.6 Å². The molecule has 2 aromatic rings. The number of fused-ring (bicyclic) bond motifs is 1. The lowest BCUT2D eigenvalue weighted by molar-refractivity contribution is 0.176. The highest BCUT2D eigenvalue weighted by Crippen LogP contribution is 2.20. The summed E-state index contributed by atoms with van der Waals surface area (Å²) in [6.07, 6.45) is 2.52. The molecule has 1 saturated heterocycles. The van der Waals surface area contributed by atoms with Crippen LogP contribution in [0.4, 0.5) is 0 Å². The third-order valence-electron chi connectivity index (χ3n) is 3.86. The number of hydrogen-bond donors (Lipinski definition) is 0. The van der Waals surface area contributed by atoms with E-state index in [1.165, 1.54) is 24.8 Å². The maximum atomic E-state index is 5.98. The van der Waals surface area contributed by atoms with Gasteiger partial charge in [0.2, 0.25) is 0 Å². The van der Waals surface area contributed by atoms with Gasteiger partial charge in [0.25, 0.3) is 0 Å². The molecule has 0 saturated carbocycles. The van der Waals surface area contributed by atoms with Crippen LogP contribution in [-0.2, 0) is 6.54 Å². The fraction of sp³-hybridized carbons (Fsp3) is 0.438. The van der Waals surface area contributed by atoms with Crippen molar-refractivity contribution in [2.24, 2.45) is 5.92 Å². The average Bonchev–Trinajstić information content (AvgIpc) is 2.47. The number of nitrogens with zero attached hydrogens (tertiary/aromatic N) is 2. The largest absolute Gasteiger partial charge is 0.297 e. The number of likely N-dealkylation sites (tertiary alicyclic amines) is 1. The van der Waals surface area contributed by atoms with Crippen molar-refractivity contribution in [3.8, 4) is 0 Å². The van der Waals surface area contributed by atoms with E-state index < -0.39 is 0 Å². The zero-order valence-corrected chi connectivity index (χ0v) is 11.8. The standard InChI is InChI=1S/C16H19ClN2/c17-10-13-4-3-9-19(11-13)12-15-8-7-14-5-1-2-6-16(14)18-15/h1-2,5-8,13H,3-4,9-12H2. The summed E-state index contributed by atoms with van der Waals surface area (Å²) in [5.74, 6) is 1.43. The van der Waals surface area contributed by atoms with Crippen LogP contribution < -0.4 is 0 Å². The number of pyridine rings is 1. The quantitative estimate of drug-likeness (QED) is 0.794. The molecule has 2 heterocycles. The minimum Gasteiger partial charge on any atom is -0.297 e. The first-order valence-corrected chi connectivity index (χ1v) is 7.51. The number of halogens is 1. The van der Waals surface area contributed by atoms with Crippen LogP contribution >= 0.6 is 11.6 Å². The molecule has 3 heteroatoms. The predicted molar refractivity (Wildman–Crippen MR) is 80.5 cm³/mol. The van der Waals surface area contributed by atoms with Crippen molar-refractivity contribution in [1.29, 1.82) is 0 Å². The Labute approximate surface area is 119 Å². The third-order valence-corrected chi connectivity index (χ3v) is 4.30. The first-order chi connectivity index (χ1) is 9.35. The molecule has 1 atom stereocenters. The fourth-order valence-corrected chi connectivity index (χ4v) is 3.10.